The molecule has 1 N–H and O–H groups in total. The van der Waals surface area contributed by atoms with Gasteiger partial charge in [0.2, 0.25) is 0 Å². The van der Waals surface area contributed by atoms with E-state index in [9.17, 15) is 5.11 Å². The molecule has 2 aromatic rings. The van der Waals surface area contributed by atoms with Crippen molar-refractivity contribution in [1.82, 2.24) is 4.90 Å². The fraction of sp³-hybridized carbons (Fsp3) is 0.294. The first-order chi connectivity index (χ1) is 9.86. The van der Waals surface area contributed by atoms with E-state index in [1.807, 2.05) is 36.4 Å². The van der Waals surface area contributed by atoms with Crippen LogP contribution in [0.4, 0.5) is 0 Å². The number of phenols is 1. The van der Waals surface area contributed by atoms with Gasteiger partial charge in [-0.1, -0.05) is 48.5 Å². The number of nitrogens with zero attached hydrogens (tertiary/aromatic N) is 1. The molecule has 20 heavy (non-hydrogen) atoms. The van der Waals surface area contributed by atoms with Gasteiger partial charge in [-0.25, -0.2) is 0 Å². The van der Waals surface area contributed by atoms with E-state index in [0.29, 0.717) is 5.75 Å². The summed E-state index contributed by atoms with van der Waals surface area (Å²) >= 11 is 0. The second-order valence-corrected chi connectivity index (χ2v) is 5.02. The fourth-order valence-electron chi connectivity index (χ4n) is 2.78. The number of phenolic OH excluding ortho intramolecular Hbond substituents is 1. The Morgan fingerprint density at radius 2 is 1.55 bits per heavy atom. The highest BCUT2D eigenvalue weighted by Gasteiger charge is 2.25. The number of hydrogen-bond acceptors (Lipinski definition) is 3. The van der Waals surface area contributed by atoms with Crippen LogP contribution in [0.25, 0.3) is 0 Å². The van der Waals surface area contributed by atoms with Crippen LogP contribution in [0.1, 0.15) is 17.2 Å². The van der Waals surface area contributed by atoms with Crippen molar-refractivity contribution < 1.29 is 9.84 Å². The zero-order valence-corrected chi connectivity index (χ0v) is 11.4. The molecule has 0 unspecified atom stereocenters. The average molecular weight is 269 g/mol. The SMILES string of the molecule is Oc1ccccc1[C@H](c1ccccc1)N1CCOCC1. The maximum Gasteiger partial charge on any atom is 0.120 e. The number of benzene rings is 2. The Morgan fingerprint density at radius 1 is 0.900 bits per heavy atom. The van der Waals surface area contributed by atoms with E-state index in [-0.39, 0.29) is 6.04 Å². The molecular formula is C17H19NO2. The summed E-state index contributed by atoms with van der Waals surface area (Å²) in [6.45, 7) is 3.26. The molecule has 1 saturated heterocycles. The van der Waals surface area contributed by atoms with Gasteiger partial charge < -0.3 is 9.84 Å². The van der Waals surface area contributed by atoms with Crippen LogP contribution in [0, 0.1) is 0 Å². The van der Waals surface area contributed by atoms with Crippen LogP contribution < -0.4 is 0 Å². The number of rotatable bonds is 3. The molecule has 3 heteroatoms. The third-order valence-corrected chi connectivity index (χ3v) is 3.76. The van der Waals surface area contributed by atoms with Crippen LogP contribution in [0.3, 0.4) is 0 Å². The van der Waals surface area contributed by atoms with Gasteiger partial charge in [0.25, 0.3) is 0 Å². The number of para-hydroxylation sites is 1. The van der Waals surface area contributed by atoms with Crippen molar-refractivity contribution in [3.63, 3.8) is 0 Å². The molecule has 0 aromatic heterocycles. The Labute approximate surface area is 119 Å². The van der Waals surface area contributed by atoms with E-state index in [1.165, 1.54) is 5.56 Å². The fourth-order valence-corrected chi connectivity index (χ4v) is 2.78. The molecule has 0 spiro atoms. The van der Waals surface area contributed by atoms with E-state index in [1.54, 1.807) is 6.07 Å². The smallest absolute Gasteiger partial charge is 0.120 e. The lowest BCUT2D eigenvalue weighted by Crippen LogP contribution is -2.39. The number of morpholine rings is 1. The van der Waals surface area contributed by atoms with Crippen LogP contribution in [0.5, 0.6) is 5.75 Å². The number of aromatic hydroxyl groups is 1. The topological polar surface area (TPSA) is 32.7 Å². The number of ether oxygens (including phenoxy) is 1. The van der Waals surface area contributed by atoms with Crippen LogP contribution in [-0.2, 0) is 4.74 Å². The lowest BCUT2D eigenvalue weighted by molar-refractivity contribution is 0.0235. The molecule has 0 amide bonds. The highest BCUT2D eigenvalue weighted by molar-refractivity contribution is 5.40. The standard InChI is InChI=1S/C17H19NO2/c19-16-9-5-4-8-15(16)17(14-6-2-1-3-7-14)18-10-12-20-13-11-18/h1-9,17,19H,10-13H2/t17-/m0/s1. The minimum Gasteiger partial charge on any atom is -0.508 e. The zero-order chi connectivity index (χ0) is 13.8. The second kappa shape index (κ2) is 6.07. The lowest BCUT2D eigenvalue weighted by Gasteiger charge is -2.35. The molecule has 1 aliphatic heterocycles. The van der Waals surface area contributed by atoms with Gasteiger partial charge >= 0.3 is 0 Å². The molecule has 1 atom stereocenters. The molecule has 2 aromatic carbocycles. The first-order valence-electron chi connectivity index (χ1n) is 7.01. The van der Waals surface area contributed by atoms with Gasteiger partial charge in [0.15, 0.2) is 0 Å². The van der Waals surface area contributed by atoms with Gasteiger partial charge in [0.1, 0.15) is 5.75 Å². The van der Waals surface area contributed by atoms with Crippen LogP contribution in [0.15, 0.2) is 54.6 Å². The van der Waals surface area contributed by atoms with E-state index >= 15 is 0 Å². The van der Waals surface area contributed by atoms with Crippen molar-refractivity contribution in [2.45, 2.75) is 6.04 Å². The van der Waals surface area contributed by atoms with Gasteiger partial charge in [-0.15, -0.1) is 0 Å². The summed E-state index contributed by atoms with van der Waals surface area (Å²) in [6, 6.07) is 18.0. The van der Waals surface area contributed by atoms with Crippen molar-refractivity contribution >= 4 is 0 Å². The maximum atomic E-state index is 10.2. The summed E-state index contributed by atoms with van der Waals surface area (Å²) in [4.78, 5) is 2.37. The maximum absolute atomic E-state index is 10.2. The van der Waals surface area contributed by atoms with Crippen molar-refractivity contribution in [1.29, 1.82) is 0 Å². The molecule has 1 aliphatic rings. The van der Waals surface area contributed by atoms with Gasteiger partial charge in [-0.3, -0.25) is 4.90 Å². The number of hydrogen-bond donors (Lipinski definition) is 1. The Hall–Kier alpha value is -1.84. The summed E-state index contributed by atoms with van der Waals surface area (Å²) in [5.41, 5.74) is 2.16. The summed E-state index contributed by atoms with van der Waals surface area (Å²) in [7, 11) is 0. The summed E-state index contributed by atoms with van der Waals surface area (Å²) in [6.07, 6.45) is 0. The van der Waals surface area contributed by atoms with Gasteiger partial charge in [-0.2, -0.15) is 0 Å². The average Bonchev–Trinajstić information content (AvgIpc) is 2.52. The molecule has 0 bridgehead atoms. The molecule has 3 nitrogen and oxygen atoms in total. The van der Waals surface area contributed by atoms with Gasteiger partial charge in [0.05, 0.1) is 19.3 Å². The first kappa shape index (κ1) is 13.2. The Balaban J connectivity index is 2.01. The summed E-state index contributed by atoms with van der Waals surface area (Å²) in [5.74, 6) is 0.354. The monoisotopic (exact) mass is 269 g/mol. The van der Waals surface area contributed by atoms with E-state index in [2.05, 4.69) is 17.0 Å². The third-order valence-electron chi connectivity index (χ3n) is 3.76. The van der Waals surface area contributed by atoms with E-state index in [0.717, 1.165) is 31.9 Å². The van der Waals surface area contributed by atoms with Gasteiger partial charge in [0, 0.05) is 18.7 Å². The largest absolute Gasteiger partial charge is 0.508 e. The lowest BCUT2D eigenvalue weighted by atomic mass is 9.96. The molecule has 0 saturated carbocycles. The normalized spacial score (nSPS) is 17.8. The van der Waals surface area contributed by atoms with Gasteiger partial charge in [-0.05, 0) is 11.6 Å². The molecule has 1 heterocycles. The highest BCUT2D eigenvalue weighted by atomic mass is 16.5. The first-order valence-corrected chi connectivity index (χ1v) is 7.01. The van der Waals surface area contributed by atoms with Crippen molar-refractivity contribution in [2.75, 3.05) is 26.3 Å². The molecule has 1 fully saturated rings. The second-order valence-electron chi connectivity index (χ2n) is 5.02. The molecule has 0 aliphatic carbocycles. The van der Waals surface area contributed by atoms with E-state index < -0.39 is 0 Å². The third kappa shape index (κ3) is 2.69. The van der Waals surface area contributed by atoms with Crippen molar-refractivity contribution in [2.24, 2.45) is 0 Å². The Kier molecular flexibility index (Phi) is 4.00. The quantitative estimate of drug-likeness (QED) is 0.930. The summed E-state index contributed by atoms with van der Waals surface area (Å²) < 4.78 is 5.45. The zero-order valence-electron chi connectivity index (χ0n) is 11.4. The Morgan fingerprint density at radius 3 is 2.25 bits per heavy atom. The predicted octanol–water partition coefficient (Wildman–Crippen LogP) is 2.81. The van der Waals surface area contributed by atoms with Crippen LogP contribution in [-0.4, -0.2) is 36.3 Å². The minimum atomic E-state index is 0.0845. The van der Waals surface area contributed by atoms with Crippen LogP contribution in [0.2, 0.25) is 0 Å². The van der Waals surface area contributed by atoms with Crippen molar-refractivity contribution in [3.8, 4) is 5.75 Å². The predicted molar refractivity (Wildman–Crippen MR) is 78.8 cm³/mol. The summed E-state index contributed by atoms with van der Waals surface area (Å²) in [5, 5.41) is 10.2. The van der Waals surface area contributed by atoms with Crippen molar-refractivity contribution in [3.05, 3.63) is 65.7 Å². The minimum absolute atomic E-state index is 0.0845. The molecule has 3 rings (SSSR count). The molecule has 0 radical (unpaired) electrons. The molecular weight excluding hydrogens is 250 g/mol. The Bertz CT molecular complexity index is 550. The highest BCUT2D eigenvalue weighted by Crippen LogP contribution is 2.34. The van der Waals surface area contributed by atoms with Crippen LogP contribution >= 0.6 is 0 Å². The van der Waals surface area contributed by atoms with E-state index in [4.69, 9.17) is 4.74 Å². The molecule has 104 valence electrons.